The second-order valence-corrected chi connectivity index (χ2v) is 6.33. The maximum absolute atomic E-state index is 8.78. The van der Waals surface area contributed by atoms with E-state index in [2.05, 4.69) is 45.9 Å². The molecule has 0 saturated carbocycles. The van der Waals surface area contributed by atoms with E-state index >= 15 is 0 Å². The third-order valence-corrected chi connectivity index (χ3v) is 3.52. The molecule has 2 aromatic rings. The maximum atomic E-state index is 8.78. The van der Waals surface area contributed by atoms with Crippen LogP contribution in [0.1, 0.15) is 43.0 Å². The summed E-state index contributed by atoms with van der Waals surface area (Å²) in [6, 6.07) is 16.0. The van der Waals surface area contributed by atoms with Gasteiger partial charge in [-0.25, -0.2) is 0 Å². The molecule has 0 radical (unpaired) electrons. The summed E-state index contributed by atoms with van der Waals surface area (Å²) < 4.78 is 5.88. The monoisotopic (exact) mass is 279 g/mol. The highest BCUT2D eigenvalue weighted by Crippen LogP contribution is 2.27. The first-order chi connectivity index (χ1) is 9.90. The van der Waals surface area contributed by atoms with Gasteiger partial charge in [0.1, 0.15) is 12.4 Å². The summed E-state index contributed by atoms with van der Waals surface area (Å²) in [5.74, 6) is 0.910. The SMILES string of the molecule is Cc1cc(C(C)(C)C)ccc1OCc1ccc(C#N)cc1. The molecule has 0 amide bonds. The van der Waals surface area contributed by atoms with Crippen molar-refractivity contribution in [3.63, 3.8) is 0 Å². The minimum atomic E-state index is 0.149. The summed E-state index contributed by atoms with van der Waals surface area (Å²) in [6.07, 6.45) is 0. The third kappa shape index (κ3) is 3.86. The zero-order valence-corrected chi connectivity index (χ0v) is 13.1. The van der Waals surface area contributed by atoms with Crippen molar-refractivity contribution in [2.75, 3.05) is 0 Å². The van der Waals surface area contributed by atoms with E-state index < -0.39 is 0 Å². The predicted octanol–water partition coefficient (Wildman–Crippen LogP) is 4.74. The fourth-order valence-electron chi connectivity index (χ4n) is 2.11. The molecule has 0 bridgehead atoms. The molecule has 2 aromatic carbocycles. The van der Waals surface area contributed by atoms with E-state index in [-0.39, 0.29) is 5.41 Å². The van der Waals surface area contributed by atoms with Gasteiger partial charge in [0.15, 0.2) is 0 Å². The molecule has 0 atom stereocenters. The summed E-state index contributed by atoms with van der Waals surface area (Å²) in [6.45, 7) is 9.21. The number of rotatable bonds is 3. The summed E-state index contributed by atoms with van der Waals surface area (Å²) in [7, 11) is 0. The van der Waals surface area contributed by atoms with Crippen LogP contribution in [0.4, 0.5) is 0 Å². The van der Waals surface area contributed by atoms with Crippen LogP contribution in [0.3, 0.4) is 0 Å². The van der Waals surface area contributed by atoms with Gasteiger partial charge in [-0.15, -0.1) is 0 Å². The molecule has 108 valence electrons. The number of hydrogen-bond acceptors (Lipinski definition) is 2. The molecule has 0 aliphatic carbocycles. The summed E-state index contributed by atoms with van der Waals surface area (Å²) in [5, 5.41) is 8.78. The van der Waals surface area contributed by atoms with Gasteiger partial charge < -0.3 is 4.74 Å². The van der Waals surface area contributed by atoms with Gasteiger partial charge in [0.05, 0.1) is 11.6 Å². The number of ether oxygens (including phenoxy) is 1. The van der Waals surface area contributed by atoms with Crippen LogP contribution in [-0.2, 0) is 12.0 Å². The van der Waals surface area contributed by atoms with Crippen molar-refractivity contribution in [2.24, 2.45) is 0 Å². The molecule has 0 spiro atoms. The third-order valence-electron chi connectivity index (χ3n) is 3.52. The van der Waals surface area contributed by atoms with Crippen molar-refractivity contribution < 1.29 is 4.74 Å². The van der Waals surface area contributed by atoms with Crippen LogP contribution in [0, 0.1) is 18.3 Å². The van der Waals surface area contributed by atoms with Crippen molar-refractivity contribution in [3.05, 3.63) is 64.7 Å². The number of nitriles is 1. The number of benzene rings is 2. The highest BCUT2D eigenvalue weighted by molar-refractivity contribution is 5.39. The normalized spacial score (nSPS) is 11.0. The van der Waals surface area contributed by atoms with Crippen LogP contribution in [0.2, 0.25) is 0 Å². The van der Waals surface area contributed by atoms with E-state index in [1.54, 1.807) is 0 Å². The quantitative estimate of drug-likeness (QED) is 0.812. The van der Waals surface area contributed by atoms with Crippen LogP contribution in [0.25, 0.3) is 0 Å². The molecule has 2 heteroatoms. The van der Waals surface area contributed by atoms with E-state index in [0.29, 0.717) is 12.2 Å². The molecule has 0 aliphatic heterocycles. The van der Waals surface area contributed by atoms with Crippen molar-refractivity contribution in [2.45, 2.75) is 39.7 Å². The van der Waals surface area contributed by atoms with Crippen LogP contribution in [0.15, 0.2) is 42.5 Å². The van der Waals surface area contributed by atoms with Gasteiger partial charge in [-0.1, -0.05) is 45.0 Å². The summed E-state index contributed by atoms with van der Waals surface area (Å²) in [4.78, 5) is 0. The smallest absolute Gasteiger partial charge is 0.122 e. The predicted molar refractivity (Wildman–Crippen MR) is 85.4 cm³/mol. The Balaban J connectivity index is 2.08. The zero-order chi connectivity index (χ0) is 15.5. The van der Waals surface area contributed by atoms with Crippen molar-refractivity contribution >= 4 is 0 Å². The van der Waals surface area contributed by atoms with Gasteiger partial charge in [-0.3, -0.25) is 0 Å². The highest BCUT2D eigenvalue weighted by atomic mass is 16.5. The Morgan fingerprint density at radius 2 is 1.71 bits per heavy atom. The molecule has 2 nitrogen and oxygen atoms in total. The molecular weight excluding hydrogens is 258 g/mol. The molecule has 21 heavy (non-hydrogen) atoms. The fraction of sp³-hybridized carbons (Fsp3) is 0.316. The van der Waals surface area contributed by atoms with Crippen LogP contribution >= 0.6 is 0 Å². The van der Waals surface area contributed by atoms with Crippen LogP contribution < -0.4 is 4.74 Å². The topological polar surface area (TPSA) is 33.0 Å². The first-order valence-electron chi connectivity index (χ1n) is 7.13. The lowest BCUT2D eigenvalue weighted by atomic mass is 9.86. The van der Waals surface area contributed by atoms with Crippen molar-refractivity contribution in [3.8, 4) is 11.8 Å². The molecular formula is C19H21NO. The second-order valence-electron chi connectivity index (χ2n) is 6.33. The number of aryl methyl sites for hydroxylation is 1. The van der Waals surface area contributed by atoms with Gasteiger partial charge in [0.2, 0.25) is 0 Å². The average molecular weight is 279 g/mol. The fourth-order valence-corrected chi connectivity index (χ4v) is 2.11. The van der Waals surface area contributed by atoms with Crippen LogP contribution in [-0.4, -0.2) is 0 Å². The highest BCUT2D eigenvalue weighted by Gasteiger charge is 2.14. The number of nitrogens with zero attached hydrogens (tertiary/aromatic N) is 1. The van der Waals surface area contributed by atoms with Crippen molar-refractivity contribution in [1.82, 2.24) is 0 Å². The summed E-state index contributed by atoms with van der Waals surface area (Å²) >= 11 is 0. The Labute approximate surface area is 127 Å². The standard InChI is InChI=1S/C19H21NO/c1-14-11-17(19(2,3)4)9-10-18(14)21-13-16-7-5-15(12-20)6-8-16/h5-11H,13H2,1-4H3. The molecule has 0 aliphatic rings. The largest absolute Gasteiger partial charge is 0.489 e. The molecule has 0 N–H and O–H groups in total. The summed E-state index contributed by atoms with van der Waals surface area (Å²) in [5.41, 5.74) is 4.34. The lowest BCUT2D eigenvalue weighted by molar-refractivity contribution is 0.304. The minimum absolute atomic E-state index is 0.149. The van der Waals surface area contributed by atoms with E-state index in [9.17, 15) is 0 Å². The Morgan fingerprint density at radius 1 is 1.05 bits per heavy atom. The Bertz CT molecular complexity index is 657. The maximum Gasteiger partial charge on any atom is 0.122 e. The lowest BCUT2D eigenvalue weighted by Crippen LogP contribution is -2.11. The molecule has 0 fully saturated rings. The Hall–Kier alpha value is -2.27. The zero-order valence-electron chi connectivity index (χ0n) is 13.1. The van der Waals surface area contributed by atoms with Gasteiger partial charge in [0, 0.05) is 0 Å². The van der Waals surface area contributed by atoms with E-state index in [0.717, 1.165) is 16.9 Å². The second kappa shape index (κ2) is 6.01. The Kier molecular flexibility index (Phi) is 4.33. The van der Waals surface area contributed by atoms with Gasteiger partial charge in [-0.05, 0) is 47.2 Å². The van der Waals surface area contributed by atoms with Gasteiger partial charge >= 0.3 is 0 Å². The van der Waals surface area contributed by atoms with Gasteiger partial charge in [-0.2, -0.15) is 5.26 Å². The van der Waals surface area contributed by atoms with E-state index in [1.165, 1.54) is 5.56 Å². The molecule has 0 heterocycles. The molecule has 2 rings (SSSR count). The van der Waals surface area contributed by atoms with Crippen molar-refractivity contribution in [1.29, 1.82) is 5.26 Å². The first kappa shape index (κ1) is 15.1. The lowest BCUT2D eigenvalue weighted by Gasteiger charge is -2.20. The average Bonchev–Trinajstić information content (AvgIpc) is 2.45. The van der Waals surface area contributed by atoms with E-state index in [1.807, 2.05) is 30.3 Å². The van der Waals surface area contributed by atoms with Gasteiger partial charge in [0.25, 0.3) is 0 Å². The number of hydrogen-bond donors (Lipinski definition) is 0. The molecule has 0 saturated heterocycles. The molecule has 0 unspecified atom stereocenters. The van der Waals surface area contributed by atoms with Crippen LogP contribution in [0.5, 0.6) is 5.75 Å². The first-order valence-corrected chi connectivity index (χ1v) is 7.13. The van der Waals surface area contributed by atoms with E-state index in [4.69, 9.17) is 10.00 Å². The molecule has 0 aromatic heterocycles. The minimum Gasteiger partial charge on any atom is -0.489 e. The Morgan fingerprint density at radius 3 is 2.24 bits per heavy atom.